The first-order valence-electron chi connectivity index (χ1n) is 7.52. The molecule has 116 valence electrons. The van der Waals surface area contributed by atoms with Gasteiger partial charge in [-0.2, -0.15) is 0 Å². The van der Waals surface area contributed by atoms with E-state index in [4.69, 9.17) is 11.6 Å². The zero-order valence-corrected chi connectivity index (χ0v) is 14.3. The largest absolute Gasteiger partial charge is 0.256 e. The van der Waals surface area contributed by atoms with Crippen molar-refractivity contribution < 1.29 is 4.39 Å². The van der Waals surface area contributed by atoms with Crippen LogP contribution in [0.2, 0.25) is 0 Å². The standard InChI is InChI=1S/C19H21ClFN/c1-5-6-15(18-8-7-12(2)11-22-18)19(20)16-10-17(21)14(4)9-13(16)3/h7-11H,5-6H2,1-4H3/b19-15-. The fourth-order valence-corrected chi connectivity index (χ4v) is 2.87. The summed E-state index contributed by atoms with van der Waals surface area (Å²) in [5, 5.41) is 0.592. The van der Waals surface area contributed by atoms with Gasteiger partial charge in [0, 0.05) is 6.20 Å². The number of hydrogen-bond donors (Lipinski definition) is 0. The Morgan fingerprint density at radius 1 is 1.14 bits per heavy atom. The van der Waals surface area contributed by atoms with Crippen molar-refractivity contribution in [2.45, 2.75) is 40.5 Å². The molecule has 0 aliphatic heterocycles. The second kappa shape index (κ2) is 7.06. The van der Waals surface area contributed by atoms with Gasteiger partial charge in [-0.1, -0.05) is 37.1 Å². The Morgan fingerprint density at radius 3 is 2.45 bits per heavy atom. The van der Waals surface area contributed by atoms with Crippen molar-refractivity contribution >= 4 is 22.2 Å². The Hall–Kier alpha value is -1.67. The third-order valence-electron chi connectivity index (χ3n) is 3.73. The number of rotatable bonds is 4. The summed E-state index contributed by atoms with van der Waals surface area (Å²) in [6, 6.07) is 7.35. The van der Waals surface area contributed by atoms with Gasteiger partial charge >= 0.3 is 0 Å². The second-order valence-corrected chi connectivity index (χ2v) is 6.06. The number of aromatic nitrogens is 1. The lowest BCUT2D eigenvalue weighted by Crippen LogP contribution is -1.96. The van der Waals surface area contributed by atoms with Crippen LogP contribution in [-0.4, -0.2) is 4.98 Å². The van der Waals surface area contributed by atoms with E-state index >= 15 is 0 Å². The third-order valence-corrected chi connectivity index (χ3v) is 4.16. The van der Waals surface area contributed by atoms with Crippen molar-refractivity contribution in [2.75, 3.05) is 0 Å². The van der Waals surface area contributed by atoms with E-state index in [9.17, 15) is 4.39 Å². The number of allylic oxidation sites excluding steroid dienone is 1. The Bertz CT molecular complexity index is 702. The fraction of sp³-hybridized carbons (Fsp3) is 0.316. The molecule has 0 fully saturated rings. The summed E-state index contributed by atoms with van der Waals surface area (Å²) in [4.78, 5) is 4.48. The molecule has 0 atom stereocenters. The topological polar surface area (TPSA) is 12.9 Å². The SMILES string of the molecule is CCC/C(=C(/Cl)c1cc(F)c(C)cc1C)c1ccc(C)cn1. The number of nitrogens with zero attached hydrogens (tertiary/aromatic N) is 1. The Morgan fingerprint density at radius 2 is 1.86 bits per heavy atom. The minimum absolute atomic E-state index is 0.230. The molecule has 2 rings (SSSR count). The first kappa shape index (κ1) is 16.7. The average Bonchev–Trinajstić information content (AvgIpc) is 2.49. The summed E-state index contributed by atoms with van der Waals surface area (Å²) in [6.07, 6.45) is 3.59. The first-order valence-corrected chi connectivity index (χ1v) is 7.90. The molecule has 0 saturated carbocycles. The van der Waals surface area contributed by atoms with Crippen LogP contribution in [0.25, 0.3) is 10.6 Å². The van der Waals surface area contributed by atoms with Gasteiger partial charge in [0.25, 0.3) is 0 Å². The van der Waals surface area contributed by atoms with Crippen molar-refractivity contribution in [3.63, 3.8) is 0 Å². The highest BCUT2D eigenvalue weighted by molar-refractivity contribution is 6.52. The smallest absolute Gasteiger partial charge is 0.126 e. The first-order chi connectivity index (χ1) is 10.4. The van der Waals surface area contributed by atoms with Gasteiger partial charge in [0.1, 0.15) is 5.82 Å². The molecule has 3 heteroatoms. The number of hydrogen-bond acceptors (Lipinski definition) is 1. The number of benzene rings is 1. The van der Waals surface area contributed by atoms with Crippen LogP contribution >= 0.6 is 11.6 Å². The van der Waals surface area contributed by atoms with Crippen molar-refractivity contribution in [1.82, 2.24) is 4.98 Å². The van der Waals surface area contributed by atoms with Crippen LogP contribution in [0.5, 0.6) is 0 Å². The molecule has 1 nitrogen and oxygen atoms in total. The van der Waals surface area contributed by atoms with E-state index in [-0.39, 0.29) is 5.82 Å². The Kier molecular flexibility index (Phi) is 5.36. The molecule has 1 aromatic heterocycles. The fourth-order valence-electron chi connectivity index (χ4n) is 2.47. The predicted octanol–water partition coefficient (Wildman–Crippen LogP) is 6.05. The van der Waals surface area contributed by atoms with Gasteiger partial charge < -0.3 is 0 Å². The third kappa shape index (κ3) is 3.56. The lowest BCUT2D eigenvalue weighted by atomic mass is 9.98. The van der Waals surface area contributed by atoms with Crippen LogP contribution in [0.4, 0.5) is 4.39 Å². The number of pyridine rings is 1. The van der Waals surface area contributed by atoms with E-state index in [1.165, 1.54) is 6.07 Å². The Labute approximate surface area is 136 Å². The second-order valence-electron chi connectivity index (χ2n) is 5.68. The zero-order chi connectivity index (χ0) is 16.3. The maximum Gasteiger partial charge on any atom is 0.126 e. The highest BCUT2D eigenvalue weighted by Crippen LogP contribution is 2.34. The number of aryl methyl sites for hydroxylation is 3. The molecule has 1 aromatic carbocycles. The average molecular weight is 318 g/mol. The molecular weight excluding hydrogens is 297 g/mol. The molecule has 0 saturated heterocycles. The normalized spacial score (nSPS) is 12.3. The quantitative estimate of drug-likeness (QED) is 0.668. The zero-order valence-electron chi connectivity index (χ0n) is 13.5. The van der Waals surface area contributed by atoms with Gasteiger partial charge in [0.05, 0.1) is 10.7 Å². The van der Waals surface area contributed by atoms with Gasteiger partial charge in [-0.15, -0.1) is 0 Å². The van der Waals surface area contributed by atoms with Crippen molar-refractivity contribution in [3.8, 4) is 0 Å². The summed E-state index contributed by atoms with van der Waals surface area (Å²) < 4.78 is 13.9. The van der Waals surface area contributed by atoms with Crippen LogP contribution in [0.15, 0.2) is 30.5 Å². The summed E-state index contributed by atoms with van der Waals surface area (Å²) in [5.41, 5.74) is 5.29. The lowest BCUT2D eigenvalue weighted by molar-refractivity contribution is 0.617. The molecule has 0 aliphatic rings. The highest BCUT2D eigenvalue weighted by atomic mass is 35.5. The minimum atomic E-state index is -0.230. The lowest BCUT2D eigenvalue weighted by Gasteiger charge is -2.13. The molecule has 0 spiro atoms. The Balaban J connectivity index is 2.60. The molecule has 0 radical (unpaired) electrons. The van der Waals surface area contributed by atoms with Crippen LogP contribution in [-0.2, 0) is 0 Å². The predicted molar refractivity (Wildman–Crippen MR) is 92.4 cm³/mol. The van der Waals surface area contributed by atoms with Crippen molar-refractivity contribution in [1.29, 1.82) is 0 Å². The van der Waals surface area contributed by atoms with E-state index in [0.717, 1.165) is 40.8 Å². The van der Waals surface area contributed by atoms with Crippen LogP contribution in [0.1, 0.15) is 47.7 Å². The summed E-state index contributed by atoms with van der Waals surface area (Å²) in [6.45, 7) is 7.82. The van der Waals surface area contributed by atoms with Gasteiger partial charge in [-0.3, -0.25) is 4.98 Å². The van der Waals surface area contributed by atoms with Crippen LogP contribution in [0.3, 0.4) is 0 Å². The van der Waals surface area contributed by atoms with E-state index in [2.05, 4.69) is 11.9 Å². The molecule has 1 heterocycles. The van der Waals surface area contributed by atoms with Crippen molar-refractivity contribution in [2.24, 2.45) is 0 Å². The molecule has 0 bridgehead atoms. The van der Waals surface area contributed by atoms with Gasteiger partial charge in [-0.05, 0) is 67.2 Å². The molecule has 0 amide bonds. The molecular formula is C19H21ClFN. The minimum Gasteiger partial charge on any atom is -0.256 e. The van der Waals surface area contributed by atoms with Gasteiger partial charge in [0.15, 0.2) is 0 Å². The molecule has 22 heavy (non-hydrogen) atoms. The van der Waals surface area contributed by atoms with Crippen LogP contribution in [0, 0.1) is 26.6 Å². The highest BCUT2D eigenvalue weighted by Gasteiger charge is 2.14. The van der Waals surface area contributed by atoms with E-state index in [1.807, 2.05) is 38.2 Å². The van der Waals surface area contributed by atoms with Crippen molar-refractivity contribution in [3.05, 3.63) is 64.2 Å². The van der Waals surface area contributed by atoms with Crippen LogP contribution < -0.4 is 0 Å². The monoisotopic (exact) mass is 317 g/mol. The van der Waals surface area contributed by atoms with E-state index in [0.29, 0.717) is 10.6 Å². The summed E-state index contributed by atoms with van der Waals surface area (Å²) in [5.74, 6) is -0.230. The maximum atomic E-state index is 13.9. The molecule has 0 N–H and O–H groups in total. The number of halogens is 2. The van der Waals surface area contributed by atoms with Gasteiger partial charge in [-0.25, -0.2) is 4.39 Å². The van der Waals surface area contributed by atoms with E-state index in [1.54, 1.807) is 6.92 Å². The summed E-state index contributed by atoms with van der Waals surface area (Å²) >= 11 is 6.63. The van der Waals surface area contributed by atoms with E-state index < -0.39 is 0 Å². The molecule has 0 unspecified atom stereocenters. The maximum absolute atomic E-state index is 13.9. The molecule has 0 aliphatic carbocycles. The molecule has 2 aromatic rings. The summed E-state index contributed by atoms with van der Waals surface area (Å²) in [7, 11) is 0. The van der Waals surface area contributed by atoms with Gasteiger partial charge in [0.2, 0.25) is 0 Å².